The van der Waals surface area contributed by atoms with Crippen LogP contribution in [0.5, 0.6) is 5.75 Å². The number of phenols is 1. The lowest BCUT2D eigenvalue weighted by Crippen LogP contribution is -2.45. The Morgan fingerprint density at radius 3 is 1.97 bits per heavy atom. The summed E-state index contributed by atoms with van der Waals surface area (Å²) in [5, 5.41) is 21.8. The van der Waals surface area contributed by atoms with E-state index >= 15 is 0 Å². The molecule has 3 aliphatic rings. The molecule has 0 radical (unpaired) electrons. The number of hydrogen-bond acceptors (Lipinski definition) is 6. The van der Waals surface area contributed by atoms with Crippen LogP contribution < -0.4 is 0 Å². The minimum absolute atomic E-state index is 0.0223. The van der Waals surface area contributed by atoms with Crippen molar-refractivity contribution in [2.24, 2.45) is 10.8 Å². The molecule has 0 saturated carbocycles. The summed E-state index contributed by atoms with van der Waals surface area (Å²) in [5.41, 5.74) is 3.74. The lowest BCUT2D eigenvalue weighted by atomic mass is 9.63. The van der Waals surface area contributed by atoms with Gasteiger partial charge in [0.2, 0.25) is 0 Å². The van der Waals surface area contributed by atoms with Crippen LogP contribution in [0.2, 0.25) is 0 Å². The Labute approximate surface area is 223 Å². The van der Waals surface area contributed by atoms with Gasteiger partial charge in [0.05, 0.1) is 4.92 Å². The number of nitro benzene ring substituents is 1. The Hall–Kier alpha value is -3.74. The highest BCUT2D eigenvalue weighted by Crippen LogP contribution is 2.54. The molecule has 7 heteroatoms. The van der Waals surface area contributed by atoms with Gasteiger partial charge in [-0.25, -0.2) is 0 Å². The first-order valence-electron chi connectivity index (χ1n) is 13.2. The molecule has 2 aliphatic carbocycles. The highest BCUT2D eigenvalue weighted by atomic mass is 16.6. The van der Waals surface area contributed by atoms with E-state index in [4.69, 9.17) is 0 Å². The zero-order valence-corrected chi connectivity index (χ0v) is 22.4. The fraction of sp³-hybridized carbons (Fsp3) is 0.419. The average molecular weight is 515 g/mol. The minimum Gasteiger partial charge on any atom is -0.502 e. The summed E-state index contributed by atoms with van der Waals surface area (Å²) < 4.78 is 0. The van der Waals surface area contributed by atoms with Crippen LogP contribution in [0.25, 0.3) is 0 Å². The number of carbonyl (C=O) groups is 2. The van der Waals surface area contributed by atoms with Gasteiger partial charge in [-0.3, -0.25) is 19.7 Å². The number of benzene rings is 2. The number of aromatic hydroxyl groups is 1. The molecule has 38 heavy (non-hydrogen) atoms. The average Bonchev–Trinajstić information content (AvgIpc) is 2.81. The summed E-state index contributed by atoms with van der Waals surface area (Å²) in [6.07, 6.45) is 2.79. The van der Waals surface area contributed by atoms with Gasteiger partial charge in [-0.1, -0.05) is 64.1 Å². The van der Waals surface area contributed by atoms with E-state index in [1.165, 1.54) is 17.7 Å². The molecule has 0 atom stereocenters. The lowest BCUT2D eigenvalue weighted by molar-refractivity contribution is -0.385. The summed E-state index contributed by atoms with van der Waals surface area (Å²) in [4.78, 5) is 40.9. The van der Waals surface area contributed by atoms with Crippen molar-refractivity contribution in [3.05, 3.63) is 92.3 Å². The normalized spacial score (nSPS) is 20.9. The topological polar surface area (TPSA) is 101 Å². The van der Waals surface area contributed by atoms with E-state index in [0.29, 0.717) is 48.9 Å². The van der Waals surface area contributed by atoms with E-state index in [1.807, 2.05) is 18.2 Å². The molecule has 2 aromatic rings. The number of phenolic OH excluding ortho intramolecular Hbond substituents is 1. The molecule has 0 saturated heterocycles. The molecule has 7 nitrogen and oxygen atoms in total. The lowest BCUT2D eigenvalue weighted by Gasteiger charge is -2.49. The van der Waals surface area contributed by atoms with Crippen LogP contribution >= 0.6 is 0 Å². The third-order valence-corrected chi connectivity index (χ3v) is 8.02. The van der Waals surface area contributed by atoms with Gasteiger partial charge in [0, 0.05) is 53.9 Å². The van der Waals surface area contributed by atoms with Crippen molar-refractivity contribution in [3.63, 3.8) is 0 Å². The first-order valence-corrected chi connectivity index (χ1v) is 13.2. The van der Waals surface area contributed by atoms with Crippen molar-refractivity contribution in [1.29, 1.82) is 0 Å². The van der Waals surface area contributed by atoms with Gasteiger partial charge < -0.3 is 10.0 Å². The van der Waals surface area contributed by atoms with Gasteiger partial charge in [-0.2, -0.15) is 0 Å². The Morgan fingerprint density at radius 1 is 0.895 bits per heavy atom. The number of Topliss-reactive ketones (excluding diaryl/α,β-unsaturated/α-hetero) is 2. The number of allylic oxidation sites excluding steroid dienone is 4. The molecule has 5 rings (SSSR count). The molecule has 198 valence electrons. The fourth-order valence-corrected chi connectivity index (χ4v) is 6.40. The Morgan fingerprint density at radius 2 is 1.45 bits per heavy atom. The van der Waals surface area contributed by atoms with Gasteiger partial charge in [0.25, 0.3) is 0 Å². The number of carbonyl (C=O) groups excluding carboxylic acids is 2. The third kappa shape index (κ3) is 4.66. The number of hydrogen-bond donors (Lipinski definition) is 1. The summed E-state index contributed by atoms with van der Waals surface area (Å²) in [6.45, 7) is 8.99. The van der Waals surface area contributed by atoms with Crippen LogP contribution in [-0.2, 0) is 16.0 Å². The monoisotopic (exact) mass is 514 g/mol. The zero-order valence-electron chi connectivity index (χ0n) is 22.4. The smallest absolute Gasteiger partial charge is 0.310 e. The molecular weight excluding hydrogens is 480 g/mol. The molecule has 0 aromatic heterocycles. The Bertz CT molecular complexity index is 1350. The summed E-state index contributed by atoms with van der Waals surface area (Å²) in [5.74, 6) is -1.16. The number of rotatable bonds is 5. The number of ketones is 2. The van der Waals surface area contributed by atoms with Crippen molar-refractivity contribution in [1.82, 2.24) is 4.90 Å². The molecule has 1 aliphatic heterocycles. The Kier molecular flexibility index (Phi) is 6.28. The first kappa shape index (κ1) is 25.9. The maximum absolute atomic E-state index is 13.8. The summed E-state index contributed by atoms with van der Waals surface area (Å²) in [6, 6.07) is 14.4. The van der Waals surface area contributed by atoms with Crippen molar-refractivity contribution in [2.75, 3.05) is 6.54 Å². The van der Waals surface area contributed by atoms with E-state index in [1.54, 1.807) is 6.07 Å². The summed E-state index contributed by atoms with van der Waals surface area (Å²) >= 11 is 0. The SMILES string of the molecule is CC1(C)CC(=O)C2=C(C1)N(CCc1ccccc1)C1=C(C(=O)CC(C)(C)C1)C2c1ccc(O)c([N+](=O)[O-])c1. The van der Waals surface area contributed by atoms with E-state index < -0.39 is 22.3 Å². The van der Waals surface area contributed by atoms with Gasteiger partial charge in [-0.15, -0.1) is 0 Å². The van der Waals surface area contributed by atoms with Crippen LogP contribution in [0.1, 0.15) is 70.4 Å². The van der Waals surface area contributed by atoms with Gasteiger partial charge in [0.1, 0.15) is 0 Å². The predicted molar refractivity (Wildman–Crippen MR) is 144 cm³/mol. The number of nitro groups is 1. The molecule has 1 heterocycles. The molecule has 2 aromatic carbocycles. The highest BCUT2D eigenvalue weighted by molar-refractivity contribution is 6.06. The van der Waals surface area contributed by atoms with Crippen LogP contribution in [0.15, 0.2) is 71.1 Å². The second-order valence-corrected chi connectivity index (χ2v) is 12.4. The second-order valence-electron chi connectivity index (χ2n) is 12.4. The van der Waals surface area contributed by atoms with Crippen LogP contribution in [-0.4, -0.2) is 33.0 Å². The Balaban J connectivity index is 1.73. The molecule has 0 fully saturated rings. The van der Waals surface area contributed by atoms with Gasteiger partial charge in [0.15, 0.2) is 17.3 Å². The van der Waals surface area contributed by atoms with E-state index in [-0.39, 0.29) is 22.4 Å². The largest absolute Gasteiger partial charge is 0.502 e. The van der Waals surface area contributed by atoms with Gasteiger partial charge >= 0.3 is 5.69 Å². The fourth-order valence-electron chi connectivity index (χ4n) is 6.40. The highest BCUT2D eigenvalue weighted by Gasteiger charge is 2.49. The van der Waals surface area contributed by atoms with Crippen LogP contribution in [0.4, 0.5) is 5.69 Å². The van der Waals surface area contributed by atoms with Gasteiger partial charge in [-0.05, 0) is 47.3 Å². The first-order chi connectivity index (χ1) is 17.9. The quantitative estimate of drug-likeness (QED) is 0.375. The minimum atomic E-state index is -0.681. The molecule has 0 spiro atoms. The van der Waals surface area contributed by atoms with Crippen LogP contribution in [0, 0.1) is 20.9 Å². The van der Waals surface area contributed by atoms with Crippen molar-refractivity contribution < 1.29 is 19.6 Å². The predicted octanol–water partition coefficient (Wildman–Crippen LogP) is 6.23. The van der Waals surface area contributed by atoms with Crippen molar-refractivity contribution in [3.8, 4) is 5.75 Å². The maximum Gasteiger partial charge on any atom is 0.310 e. The number of nitrogens with zero attached hydrogens (tertiary/aromatic N) is 2. The van der Waals surface area contributed by atoms with E-state index in [9.17, 15) is 24.8 Å². The van der Waals surface area contributed by atoms with E-state index in [0.717, 1.165) is 17.8 Å². The molecule has 1 N–H and O–H groups in total. The van der Waals surface area contributed by atoms with Crippen molar-refractivity contribution in [2.45, 2.75) is 65.7 Å². The molecular formula is C31H34N2O5. The standard InChI is InChI=1S/C31H34N2O5/c1-30(2)15-22-28(25(35)17-30)27(20-10-11-24(34)21(14-20)33(37)38)29-23(16-31(3,4)18-26(29)36)32(22)13-12-19-8-6-5-7-9-19/h5-11,14,27,34H,12-13,15-18H2,1-4H3. The molecule has 0 amide bonds. The zero-order chi connectivity index (χ0) is 27.4. The third-order valence-electron chi connectivity index (χ3n) is 8.02. The van der Waals surface area contributed by atoms with Crippen LogP contribution in [0.3, 0.4) is 0 Å². The van der Waals surface area contributed by atoms with Crippen molar-refractivity contribution >= 4 is 17.3 Å². The summed E-state index contributed by atoms with van der Waals surface area (Å²) in [7, 11) is 0. The molecule has 0 unspecified atom stereocenters. The maximum atomic E-state index is 13.8. The van der Waals surface area contributed by atoms with E-state index in [2.05, 4.69) is 44.7 Å². The molecule has 0 bridgehead atoms. The second kappa shape index (κ2) is 9.22.